The average Bonchev–Trinajstić information content (AvgIpc) is 2.34. The monoisotopic (exact) mass is 231 g/mol. The Kier molecular flexibility index (Phi) is 7.71. The maximum absolute atomic E-state index is 5.59. The Bertz CT molecular complexity index is 163. The molecular weight excluding hydrogens is 206 g/mol. The summed E-state index contributed by atoms with van der Waals surface area (Å²) in [5.74, 6) is 0. The van der Waals surface area contributed by atoms with Crippen LogP contribution in [-0.4, -0.2) is 82.5 Å². The van der Waals surface area contributed by atoms with Crippen molar-refractivity contribution in [2.75, 3.05) is 72.7 Å². The Morgan fingerprint density at radius 2 is 2.00 bits per heavy atom. The van der Waals surface area contributed by atoms with Crippen LogP contribution < -0.4 is 5.73 Å². The van der Waals surface area contributed by atoms with Crippen LogP contribution in [0.15, 0.2) is 0 Å². The number of morpholine rings is 1. The minimum atomic E-state index is 0.715. The van der Waals surface area contributed by atoms with Crippen molar-refractivity contribution in [3.8, 4) is 0 Å². The van der Waals surface area contributed by atoms with Gasteiger partial charge in [-0.1, -0.05) is 0 Å². The molecule has 0 aliphatic carbocycles. The van der Waals surface area contributed by atoms with Gasteiger partial charge in [0.15, 0.2) is 0 Å². The van der Waals surface area contributed by atoms with Gasteiger partial charge in [-0.3, -0.25) is 9.80 Å². The Hall–Kier alpha value is -0.200. The lowest BCUT2D eigenvalue weighted by atomic mass is 10.3. The molecule has 1 fully saturated rings. The van der Waals surface area contributed by atoms with Crippen molar-refractivity contribution < 1.29 is 9.47 Å². The van der Waals surface area contributed by atoms with E-state index in [9.17, 15) is 0 Å². The third-order valence-electron chi connectivity index (χ3n) is 2.89. The van der Waals surface area contributed by atoms with Crippen LogP contribution in [0.2, 0.25) is 0 Å². The molecule has 5 nitrogen and oxygen atoms in total. The van der Waals surface area contributed by atoms with E-state index in [2.05, 4.69) is 9.80 Å². The van der Waals surface area contributed by atoms with Gasteiger partial charge >= 0.3 is 0 Å². The molecule has 0 bridgehead atoms. The molecule has 0 aromatic heterocycles. The van der Waals surface area contributed by atoms with Gasteiger partial charge in [-0.25, -0.2) is 0 Å². The quantitative estimate of drug-likeness (QED) is 0.594. The Morgan fingerprint density at radius 3 is 2.62 bits per heavy atom. The first-order valence-corrected chi connectivity index (χ1v) is 6.08. The fourth-order valence-electron chi connectivity index (χ4n) is 1.85. The summed E-state index contributed by atoms with van der Waals surface area (Å²) in [6.07, 6.45) is 0. The smallest absolute Gasteiger partial charge is 0.0594 e. The summed E-state index contributed by atoms with van der Waals surface area (Å²) in [4.78, 5) is 4.80. The number of nitrogens with two attached hydrogens (primary N) is 1. The predicted molar refractivity (Wildman–Crippen MR) is 64.6 cm³/mol. The first-order valence-electron chi connectivity index (χ1n) is 6.08. The minimum Gasteiger partial charge on any atom is -0.383 e. The number of hydrogen-bond donors (Lipinski definition) is 1. The van der Waals surface area contributed by atoms with Gasteiger partial charge in [-0.15, -0.1) is 0 Å². The highest BCUT2D eigenvalue weighted by atomic mass is 16.5. The van der Waals surface area contributed by atoms with Crippen molar-refractivity contribution in [2.24, 2.45) is 5.73 Å². The third kappa shape index (κ3) is 5.77. The molecule has 1 aliphatic heterocycles. The second kappa shape index (κ2) is 8.90. The van der Waals surface area contributed by atoms with E-state index in [1.54, 1.807) is 7.11 Å². The van der Waals surface area contributed by atoms with Crippen molar-refractivity contribution in [3.05, 3.63) is 0 Å². The van der Waals surface area contributed by atoms with Gasteiger partial charge < -0.3 is 15.2 Å². The fraction of sp³-hybridized carbons (Fsp3) is 1.00. The van der Waals surface area contributed by atoms with Gasteiger partial charge in [-0.2, -0.15) is 0 Å². The van der Waals surface area contributed by atoms with Gasteiger partial charge in [0.25, 0.3) is 0 Å². The van der Waals surface area contributed by atoms with E-state index in [4.69, 9.17) is 15.2 Å². The lowest BCUT2D eigenvalue weighted by molar-refractivity contribution is 0.0321. The maximum Gasteiger partial charge on any atom is 0.0594 e. The summed E-state index contributed by atoms with van der Waals surface area (Å²) in [7, 11) is 1.74. The fourth-order valence-corrected chi connectivity index (χ4v) is 1.85. The van der Waals surface area contributed by atoms with Crippen LogP contribution in [0.3, 0.4) is 0 Å². The van der Waals surface area contributed by atoms with E-state index < -0.39 is 0 Å². The van der Waals surface area contributed by atoms with Crippen LogP contribution >= 0.6 is 0 Å². The molecule has 96 valence electrons. The van der Waals surface area contributed by atoms with E-state index in [-0.39, 0.29) is 0 Å². The van der Waals surface area contributed by atoms with E-state index >= 15 is 0 Å². The lowest BCUT2D eigenvalue weighted by Gasteiger charge is -2.29. The molecule has 0 spiro atoms. The number of hydrogen-bond acceptors (Lipinski definition) is 5. The molecule has 0 aromatic carbocycles. The maximum atomic E-state index is 5.59. The molecule has 0 saturated carbocycles. The average molecular weight is 231 g/mol. The molecule has 2 N–H and O–H groups in total. The number of rotatable bonds is 8. The highest BCUT2D eigenvalue weighted by Gasteiger charge is 2.11. The van der Waals surface area contributed by atoms with Crippen molar-refractivity contribution >= 4 is 0 Å². The van der Waals surface area contributed by atoms with Crippen molar-refractivity contribution in [3.63, 3.8) is 0 Å². The molecule has 1 heterocycles. The first-order chi connectivity index (χ1) is 7.86. The highest BCUT2D eigenvalue weighted by Crippen LogP contribution is 1.97. The molecule has 5 heteroatoms. The van der Waals surface area contributed by atoms with Crippen LogP contribution in [0.4, 0.5) is 0 Å². The van der Waals surface area contributed by atoms with Crippen LogP contribution in [0.1, 0.15) is 0 Å². The van der Waals surface area contributed by atoms with Gasteiger partial charge in [0.2, 0.25) is 0 Å². The van der Waals surface area contributed by atoms with Gasteiger partial charge in [0.05, 0.1) is 19.8 Å². The molecule has 0 aromatic rings. The number of nitrogens with zero attached hydrogens (tertiary/aromatic N) is 2. The van der Waals surface area contributed by atoms with Gasteiger partial charge in [0, 0.05) is 52.9 Å². The second-order valence-corrected chi connectivity index (χ2v) is 4.08. The predicted octanol–water partition coefficient (Wildman–Crippen LogP) is -0.774. The molecule has 1 rings (SSSR count). The zero-order valence-corrected chi connectivity index (χ0v) is 10.4. The van der Waals surface area contributed by atoms with Gasteiger partial charge in [-0.05, 0) is 0 Å². The van der Waals surface area contributed by atoms with E-state index in [0.29, 0.717) is 6.54 Å². The SMILES string of the molecule is COCCN(CCN)CCN1CCOCC1. The summed E-state index contributed by atoms with van der Waals surface area (Å²) in [5, 5.41) is 0. The molecule has 0 atom stereocenters. The van der Waals surface area contributed by atoms with Gasteiger partial charge in [0.1, 0.15) is 0 Å². The minimum absolute atomic E-state index is 0.715. The summed E-state index contributed by atoms with van der Waals surface area (Å²) in [6, 6.07) is 0. The molecule has 1 aliphatic rings. The van der Waals surface area contributed by atoms with Crippen LogP contribution in [0, 0.1) is 0 Å². The van der Waals surface area contributed by atoms with E-state index in [1.165, 1.54) is 0 Å². The highest BCUT2D eigenvalue weighted by molar-refractivity contribution is 4.66. The Labute approximate surface area is 98.5 Å². The second-order valence-electron chi connectivity index (χ2n) is 4.08. The standard InChI is InChI=1S/C11H25N3O2/c1-15-9-6-13(3-2-12)4-5-14-7-10-16-11-8-14/h2-12H2,1H3. The zero-order valence-electron chi connectivity index (χ0n) is 10.4. The van der Waals surface area contributed by atoms with E-state index in [1.807, 2.05) is 0 Å². The van der Waals surface area contributed by atoms with Crippen LogP contribution in [0.5, 0.6) is 0 Å². The van der Waals surface area contributed by atoms with Crippen molar-refractivity contribution in [1.29, 1.82) is 0 Å². The summed E-state index contributed by atoms with van der Waals surface area (Å²) >= 11 is 0. The largest absolute Gasteiger partial charge is 0.383 e. The molecule has 1 saturated heterocycles. The zero-order chi connectivity index (χ0) is 11.6. The molecule has 0 unspecified atom stereocenters. The normalized spacial score (nSPS) is 18.2. The Balaban J connectivity index is 2.14. The Morgan fingerprint density at radius 1 is 1.25 bits per heavy atom. The molecule has 0 amide bonds. The summed E-state index contributed by atoms with van der Waals surface area (Å²) in [6.45, 7) is 9.45. The molecule has 16 heavy (non-hydrogen) atoms. The van der Waals surface area contributed by atoms with Crippen molar-refractivity contribution in [2.45, 2.75) is 0 Å². The summed E-state index contributed by atoms with van der Waals surface area (Å²) < 4.78 is 10.4. The topological polar surface area (TPSA) is 51.0 Å². The van der Waals surface area contributed by atoms with Crippen molar-refractivity contribution in [1.82, 2.24) is 9.80 Å². The molecular formula is C11H25N3O2. The molecule has 0 radical (unpaired) electrons. The van der Waals surface area contributed by atoms with E-state index in [0.717, 1.165) is 59.1 Å². The lowest BCUT2D eigenvalue weighted by Crippen LogP contribution is -2.43. The third-order valence-corrected chi connectivity index (χ3v) is 2.89. The number of methoxy groups -OCH3 is 1. The van der Waals surface area contributed by atoms with Crippen LogP contribution in [0.25, 0.3) is 0 Å². The first kappa shape index (κ1) is 13.9. The van der Waals surface area contributed by atoms with Crippen LogP contribution in [-0.2, 0) is 9.47 Å². The summed E-state index contributed by atoms with van der Waals surface area (Å²) in [5.41, 5.74) is 5.59. The number of ether oxygens (including phenoxy) is 2.